The molecular weight excluding hydrogens is 353 g/mol. The molecule has 1 amide bonds. The van der Waals surface area contributed by atoms with Crippen LogP contribution in [0.3, 0.4) is 0 Å². The molecular formula is C16H21F3N4O3. The molecule has 0 saturated carbocycles. The summed E-state index contributed by atoms with van der Waals surface area (Å²) in [6.07, 6.45) is -3.31. The molecule has 4 N–H and O–H groups in total. The summed E-state index contributed by atoms with van der Waals surface area (Å²) in [5.74, 6) is -0.519. The van der Waals surface area contributed by atoms with Gasteiger partial charge in [0, 0.05) is 25.9 Å². The van der Waals surface area contributed by atoms with Gasteiger partial charge >= 0.3 is 6.18 Å². The lowest BCUT2D eigenvalue weighted by Gasteiger charge is -2.25. The number of ether oxygens (including phenoxy) is 1. The summed E-state index contributed by atoms with van der Waals surface area (Å²) in [7, 11) is 2.55. The maximum Gasteiger partial charge on any atom is 0.401 e. The van der Waals surface area contributed by atoms with Gasteiger partial charge in [0.25, 0.3) is 5.91 Å². The number of hydroxylamine groups is 2. The number of allylic oxidation sites excluding steroid dienone is 1. The molecule has 1 aromatic rings. The van der Waals surface area contributed by atoms with Crippen LogP contribution in [0.4, 0.5) is 13.2 Å². The second-order valence-corrected chi connectivity index (χ2v) is 5.30. The molecule has 1 aromatic carbocycles. The van der Waals surface area contributed by atoms with E-state index < -0.39 is 24.8 Å². The van der Waals surface area contributed by atoms with Crippen molar-refractivity contribution in [2.75, 3.05) is 20.7 Å². The zero-order valence-electron chi connectivity index (χ0n) is 14.3. The first-order valence-electron chi connectivity index (χ1n) is 7.51. The Hall–Kier alpha value is -2.43. The summed E-state index contributed by atoms with van der Waals surface area (Å²) in [4.78, 5) is 11.8. The number of nitrogens with one attached hydrogen (secondary N) is 3. The number of halogens is 3. The van der Waals surface area contributed by atoms with Gasteiger partial charge < -0.3 is 20.7 Å². The average molecular weight is 374 g/mol. The Labute approximate surface area is 148 Å². The lowest BCUT2D eigenvalue weighted by atomic mass is 10.1. The number of hydrogen-bond acceptors (Lipinski definition) is 6. The van der Waals surface area contributed by atoms with Crippen LogP contribution in [0, 0.1) is 5.41 Å². The van der Waals surface area contributed by atoms with Gasteiger partial charge in [0.2, 0.25) is 0 Å². The molecule has 7 nitrogen and oxygen atoms in total. The third-order valence-corrected chi connectivity index (χ3v) is 3.30. The molecule has 26 heavy (non-hydrogen) atoms. The molecule has 1 unspecified atom stereocenters. The van der Waals surface area contributed by atoms with Crippen LogP contribution in [0.25, 0.3) is 0 Å². The third kappa shape index (κ3) is 7.21. The topological polar surface area (TPSA) is 97.7 Å². The molecule has 1 atom stereocenters. The SMILES string of the molecule is CO/C(=C/C=N)C(=O)NCc1ccc(C(NCC(F)(F)F)N(C)O)cc1. The number of carbonyl (C=O) groups excluding carboxylic acids is 1. The summed E-state index contributed by atoms with van der Waals surface area (Å²) in [6.45, 7) is -1.09. The Morgan fingerprint density at radius 3 is 2.46 bits per heavy atom. The van der Waals surface area contributed by atoms with E-state index >= 15 is 0 Å². The fourth-order valence-electron chi connectivity index (χ4n) is 2.08. The molecule has 0 radical (unpaired) electrons. The van der Waals surface area contributed by atoms with Crippen molar-refractivity contribution in [2.45, 2.75) is 18.9 Å². The molecule has 0 heterocycles. The highest BCUT2D eigenvalue weighted by Gasteiger charge is 2.29. The van der Waals surface area contributed by atoms with Crippen LogP contribution < -0.4 is 10.6 Å². The normalized spacial score (nSPS) is 13.4. The predicted molar refractivity (Wildman–Crippen MR) is 88.5 cm³/mol. The number of carbonyl (C=O) groups is 1. The van der Waals surface area contributed by atoms with Gasteiger partial charge in [0.15, 0.2) is 5.76 Å². The Morgan fingerprint density at radius 2 is 2.00 bits per heavy atom. The van der Waals surface area contributed by atoms with Gasteiger partial charge in [0.05, 0.1) is 13.7 Å². The number of benzene rings is 1. The van der Waals surface area contributed by atoms with E-state index in [0.717, 1.165) is 6.21 Å². The van der Waals surface area contributed by atoms with Gasteiger partial charge in [-0.25, -0.2) is 0 Å². The Balaban J connectivity index is 2.73. The Kier molecular flexibility index (Phi) is 8.23. The lowest BCUT2D eigenvalue weighted by Crippen LogP contribution is -2.39. The second kappa shape index (κ2) is 9.90. The van der Waals surface area contributed by atoms with Crippen LogP contribution in [0.1, 0.15) is 17.3 Å². The molecule has 0 aliphatic carbocycles. The molecule has 0 aliphatic heterocycles. The van der Waals surface area contributed by atoms with Crippen molar-refractivity contribution in [3.05, 3.63) is 47.2 Å². The maximum atomic E-state index is 12.4. The smallest absolute Gasteiger partial charge is 0.401 e. The number of alkyl halides is 3. The number of nitrogens with zero attached hydrogens (tertiary/aromatic N) is 1. The largest absolute Gasteiger partial charge is 0.491 e. The van der Waals surface area contributed by atoms with Crippen molar-refractivity contribution in [3.8, 4) is 0 Å². The number of amides is 1. The van der Waals surface area contributed by atoms with Crippen LogP contribution >= 0.6 is 0 Å². The summed E-state index contributed by atoms with van der Waals surface area (Å²) >= 11 is 0. The molecule has 0 aliphatic rings. The van der Waals surface area contributed by atoms with Crippen molar-refractivity contribution in [1.82, 2.24) is 15.7 Å². The van der Waals surface area contributed by atoms with Crippen LogP contribution in [0.2, 0.25) is 0 Å². The zero-order chi connectivity index (χ0) is 19.7. The van der Waals surface area contributed by atoms with E-state index in [0.29, 0.717) is 16.2 Å². The van der Waals surface area contributed by atoms with E-state index in [4.69, 9.17) is 10.1 Å². The van der Waals surface area contributed by atoms with E-state index in [9.17, 15) is 23.2 Å². The fourth-order valence-corrected chi connectivity index (χ4v) is 2.08. The highest BCUT2D eigenvalue weighted by atomic mass is 19.4. The van der Waals surface area contributed by atoms with Gasteiger partial charge in [-0.3, -0.25) is 10.1 Å². The summed E-state index contributed by atoms with van der Waals surface area (Å²) in [5.41, 5.74) is 1.12. The first-order valence-corrected chi connectivity index (χ1v) is 7.51. The molecule has 1 rings (SSSR count). The van der Waals surface area contributed by atoms with E-state index in [2.05, 4.69) is 10.6 Å². The number of methoxy groups -OCH3 is 1. The standard InChI is InChI=1S/C16H21F3N4O3/c1-23(25)14(22-10-16(17,18)19)12-5-3-11(4-6-12)9-21-15(24)13(26-2)7-8-20/h3-8,14,20,22,25H,9-10H2,1-2H3,(H,21,24)/b13-7+,20-8?. The van der Waals surface area contributed by atoms with Crippen molar-refractivity contribution in [2.24, 2.45) is 0 Å². The Morgan fingerprint density at radius 1 is 1.38 bits per heavy atom. The van der Waals surface area contributed by atoms with E-state index in [-0.39, 0.29) is 12.3 Å². The molecule has 0 spiro atoms. The predicted octanol–water partition coefficient (Wildman–Crippen LogP) is 1.95. The molecule has 0 saturated heterocycles. The van der Waals surface area contributed by atoms with Crippen molar-refractivity contribution in [3.63, 3.8) is 0 Å². The quantitative estimate of drug-likeness (QED) is 0.174. The van der Waals surface area contributed by atoms with Gasteiger partial charge in [0.1, 0.15) is 6.17 Å². The molecule has 0 aromatic heterocycles. The molecule has 144 valence electrons. The maximum absolute atomic E-state index is 12.4. The van der Waals surface area contributed by atoms with Crippen LogP contribution in [0.5, 0.6) is 0 Å². The minimum Gasteiger partial charge on any atom is -0.491 e. The highest BCUT2D eigenvalue weighted by molar-refractivity contribution is 5.94. The monoisotopic (exact) mass is 374 g/mol. The van der Waals surface area contributed by atoms with Crippen molar-refractivity contribution < 1.29 is 27.9 Å². The summed E-state index contributed by atoms with van der Waals surface area (Å²) in [6, 6.07) is 6.34. The van der Waals surface area contributed by atoms with E-state index in [1.165, 1.54) is 20.2 Å². The minimum absolute atomic E-state index is 0.0186. The summed E-state index contributed by atoms with van der Waals surface area (Å²) < 4.78 is 41.9. The number of rotatable bonds is 9. The van der Waals surface area contributed by atoms with Gasteiger partial charge in [-0.1, -0.05) is 24.3 Å². The van der Waals surface area contributed by atoms with E-state index in [1.807, 2.05) is 0 Å². The average Bonchev–Trinajstić information content (AvgIpc) is 2.57. The minimum atomic E-state index is -4.40. The molecule has 0 fully saturated rings. The van der Waals surface area contributed by atoms with Crippen LogP contribution in [0.15, 0.2) is 36.1 Å². The van der Waals surface area contributed by atoms with Crippen molar-refractivity contribution >= 4 is 12.1 Å². The molecule has 0 bridgehead atoms. The fraction of sp³-hybridized carbons (Fsp3) is 0.375. The summed E-state index contributed by atoms with van der Waals surface area (Å²) in [5, 5.41) is 21.9. The highest BCUT2D eigenvalue weighted by Crippen LogP contribution is 2.19. The van der Waals surface area contributed by atoms with Crippen LogP contribution in [-0.2, 0) is 16.1 Å². The third-order valence-electron chi connectivity index (χ3n) is 3.30. The van der Waals surface area contributed by atoms with E-state index in [1.54, 1.807) is 24.3 Å². The van der Waals surface area contributed by atoms with Crippen molar-refractivity contribution in [1.29, 1.82) is 5.41 Å². The first kappa shape index (κ1) is 21.6. The second-order valence-electron chi connectivity index (χ2n) is 5.30. The van der Waals surface area contributed by atoms with Gasteiger partial charge in [-0.15, -0.1) is 0 Å². The lowest BCUT2D eigenvalue weighted by molar-refractivity contribution is -0.150. The first-order chi connectivity index (χ1) is 12.2. The zero-order valence-corrected chi connectivity index (χ0v) is 14.3. The van der Waals surface area contributed by atoms with Gasteiger partial charge in [-0.2, -0.15) is 18.2 Å². The van der Waals surface area contributed by atoms with Gasteiger partial charge in [-0.05, 0) is 11.1 Å². The number of hydrogen-bond donors (Lipinski definition) is 4. The Bertz CT molecular complexity index is 631. The molecule has 10 heteroatoms. The van der Waals surface area contributed by atoms with Crippen LogP contribution in [-0.4, -0.2) is 49.3 Å².